The van der Waals surface area contributed by atoms with Crippen LogP contribution in [0.4, 0.5) is 5.82 Å². The number of anilines is 1. The molecule has 1 aliphatic rings. The number of nitrogens with zero attached hydrogens (tertiary/aromatic N) is 2. The zero-order chi connectivity index (χ0) is 13.0. The summed E-state index contributed by atoms with van der Waals surface area (Å²) in [6, 6.07) is 1.80. The lowest BCUT2D eigenvalue weighted by atomic mass is 9.80. The van der Waals surface area contributed by atoms with E-state index in [-0.39, 0.29) is 0 Å². The van der Waals surface area contributed by atoms with Gasteiger partial charge in [0.1, 0.15) is 12.1 Å². The lowest BCUT2D eigenvalue weighted by Crippen LogP contribution is -2.42. The Kier molecular flexibility index (Phi) is 3.76. The third kappa shape index (κ3) is 2.76. The van der Waals surface area contributed by atoms with Crippen molar-refractivity contribution in [3.63, 3.8) is 0 Å². The first-order valence-corrected chi connectivity index (χ1v) is 5.96. The van der Waals surface area contributed by atoms with Crippen molar-refractivity contribution in [2.24, 2.45) is 5.41 Å². The number of nitrogens with one attached hydrogen (secondary N) is 1. The topological polar surface area (TPSA) is 84.3 Å². The Hall–Kier alpha value is -1.69. The van der Waals surface area contributed by atoms with Gasteiger partial charge in [0.05, 0.1) is 5.41 Å². The fourth-order valence-electron chi connectivity index (χ4n) is 2.04. The number of rotatable bonds is 4. The van der Waals surface area contributed by atoms with Crippen molar-refractivity contribution >= 4 is 11.8 Å². The number of aliphatic carboxylic acids is 1. The monoisotopic (exact) mass is 251 g/mol. The lowest BCUT2D eigenvalue weighted by Gasteiger charge is -2.33. The highest BCUT2D eigenvalue weighted by atomic mass is 16.5. The summed E-state index contributed by atoms with van der Waals surface area (Å²) in [6.07, 6.45) is 2.52. The minimum absolute atomic E-state index is 0.363. The van der Waals surface area contributed by atoms with Crippen LogP contribution in [0.15, 0.2) is 12.4 Å². The van der Waals surface area contributed by atoms with Crippen LogP contribution in [0.3, 0.4) is 0 Å². The summed E-state index contributed by atoms with van der Waals surface area (Å²) in [5, 5.41) is 12.5. The molecule has 0 atom stereocenters. The first-order chi connectivity index (χ1) is 8.62. The number of ether oxygens (including phenoxy) is 1. The molecule has 1 saturated heterocycles. The van der Waals surface area contributed by atoms with Crippen LogP contribution in [-0.4, -0.2) is 40.8 Å². The van der Waals surface area contributed by atoms with E-state index < -0.39 is 11.4 Å². The minimum atomic E-state index is -0.774. The number of aromatic nitrogens is 2. The summed E-state index contributed by atoms with van der Waals surface area (Å²) in [4.78, 5) is 19.5. The first-order valence-electron chi connectivity index (χ1n) is 5.96. The summed E-state index contributed by atoms with van der Waals surface area (Å²) in [7, 11) is 0. The van der Waals surface area contributed by atoms with Gasteiger partial charge < -0.3 is 15.2 Å². The normalized spacial score (nSPS) is 18.3. The number of hydrogen-bond donors (Lipinski definition) is 2. The van der Waals surface area contributed by atoms with E-state index in [0.29, 0.717) is 38.4 Å². The van der Waals surface area contributed by atoms with Gasteiger partial charge in [-0.15, -0.1) is 0 Å². The van der Waals surface area contributed by atoms with Crippen molar-refractivity contribution in [2.75, 3.05) is 25.1 Å². The Morgan fingerprint density at radius 1 is 1.50 bits per heavy atom. The van der Waals surface area contributed by atoms with Gasteiger partial charge in [-0.1, -0.05) is 0 Å². The molecule has 6 heteroatoms. The summed E-state index contributed by atoms with van der Waals surface area (Å²) < 4.78 is 5.23. The molecule has 2 N–H and O–H groups in total. The highest BCUT2D eigenvalue weighted by Gasteiger charge is 2.40. The summed E-state index contributed by atoms with van der Waals surface area (Å²) in [6.45, 7) is 3.23. The Morgan fingerprint density at radius 2 is 2.22 bits per heavy atom. The number of hydrogen-bond acceptors (Lipinski definition) is 5. The molecule has 18 heavy (non-hydrogen) atoms. The third-order valence-electron chi connectivity index (χ3n) is 3.32. The zero-order valence-electron chi connectivity index (χ0n) is 10.3. The van der Waals surface area contributed by atoms with Crippen molar-refractivity contribution in [2.45, 2.75) is 19.8 Å². The van der Waals surface area contributed by atoms with Crippen LogP contribution in [0.5, 0.6) is 0 Å². The Balaban J connectivity index is 2.04. The molecule has 2 heterocycles. The fourth-order valence-corrected chi connectivity index (χ4v) is 2.04. The highest BCUT2D eigenvalue weighted by Crippen LogP contribution is 2.31. The minimum Gasteiger partial charge on any atom is -0.481 e. The van der Waals surface area contributed by atoms with Crippen LogP contribution in [0.1, 0.15) is 18.5 Å². The maximum atomic E-state index is 11.4. The summed E-state index contributed by atoms with van der Waals surface area (Å²) >= 11 is 0. The van der Waals surface area contributed by atoms with Crippen LogP contribution in [0.2, 0.25) is 0 Å². The van der Waals surface area contributed by atoms with Crippen molar-refractivity contribution in [1.82, 2.24) is 9.97 Å². The Morgan fingerprint density at radius 3 is 2.83 bits per heavy atom. The van der Waals surface area contributed by atoms with E-state index in [9.17, 15) is 9.90 Å². The zero-order valence-corrected chi connectivity index (χ0v) is 10.3. The van der Waals surface area contributed by atoms with Crippen LogP contribution in [0, 0.1) is 12.3 Å². The maximum Gasteiger partial charge on any atom is 0.311 e. The Bertz CT molecular complexity index is 430. The molecule has 0 aliphatic carbocycles. The summed E-state index contributed by atoms with van der Waals surface area (Å²) in [5.41, 5.74) is 0.0979. The molecule has 0 amide bonds. The second kappa shape index (κ2) is 5.30. The molecule has 1 aromatic rings. The average Bonchev–Trinajstić information content (AvgIpc) is 2.37. The molecule has 0 aromatic carbocycles. The van der Waals surface area contributed by atoms with Crippen molar-refractivity contribution in [3.05, 3.63) is 18.1 Å². The van der Waals surface area contributed by atoms with Gasteiger partial charge in [0.25, 0.3) is 0 Å². The number of aryl methyl sites for hydroxylation is 1. The fraction of sp³-hybridized carbons (Fsp3) is 0.583. The highest BCUT2D eigenvalue weighted by molar-refractivity contribution is 5.75. The standard InChI is InChI=1S/C12H17N3O3/c1-9-6-10(15-8-14-9)13-7-12(11(16)17)2-4-18-5-3-12/h6,8H,2-5,7H2,1H3,(H,16,17)(H,13,14,15). The largest absolute Gasteiger partial charge is 0.481 e. The SMILES string of the molecule is Cc1cc(NCC2(C(=O)O)CCOCC2)ncn1. The molecule has 2 rings (SSSR count). The van der Waals surface area contributed by atoms with Gasteiger partial charge in [0.15, 0.2) is 0 Å². The third-order valence-corrected chi connectivity index (χ3v) is 3.32. The average molecular weight is 251 g/mol. The van der Waals surface area contributed by atoms with Gasteiger partial charge in [-0.3, -0.25) is 4.79 Å². The quantitative estimate of drug-likeness (QED) is 0.833. The van der Waals surface area contributed by atoms with E-state index in [2.05, 4.69) is 15.3 Å². The predicted molar refractivity (Wildman–Crippen MR) is 65.4 cm³/mol. The van der Waals surface area contributed by atoms with Gasteiger partial charge in [-0.25, -0.2) is 9.97 Å². The van der Waals surface area contributed by atoms with Crippen molar-refractivity contribution in [1.29, 1.82) is 0 Å². The number of carbonyl (C=O) groups is 1. The van der Waals surface area contributed by atoms with E-state index in [0.717, 1.165) is 5.69 Å². The van der Waals surface area contributed by atoms with Gasteiger partial charge >= 0.3 is 5.97 Å². The number of carboxylic acids is 1. The molecule has 98 valence electrons. The molecule has 6 nitrogen and oxygen atoms in total. The molecule has 1 aliphatic heterocycles. The van der Waals surface area contributed by atoms with Crippen molar-refractivity contribution < 1.29 is 14.6 Å². The van der Waals surface area contributed by atoms with Crippen LogP contribution in [0.25, 0.3) is 0 Å². The Labute approximate surface area is 105 Å². The van der Waals surface area contributed by atoms with E-state index in [4.69, 9.17) is 4.74 Å². The van der Waals surface area contributed by atoms with Gasteiger partial charge in [0, 0.05) is 31.5 Å². The molecular formula is C12H17N3O3. The van der Waals surface area contributed by atoms with Gasteiger partial charge in [-0.05, 0) is 19.8 Å². The molecule has 1 aromatic heterocycles. The molecule has 0 bridgehead atoms. The van der Waals surface area contributed by atoms with E-state index >= 15 is 0 Å². The van der Waals surface area contributed by atoms with Gasteiger partial charge in [0.2, 0.25) is 0 Å². The first kappa shape index (κ1) is 12.8. The number of carboxylic acid groups (broad SMARTS) is 1. The smallest absolute Gasteiger partial charge is 0.311 e. The van der Waals surface area contributed by atoms with Gasteiger partial charge in [-0.2, -0.15) is 0 Å². The molecule has 0 unspecified atom stereocenters. The lowest BCUT2D eigenvalue weighted by molar-refractivity contribution is -0.153. The van der Waals surface area contributed by atoms with Crippen LogP contribution >= 0.6 is 0 Å². The molecule has 0 radical (unpaired) electrons. The molecule has 1 fully saturated rings. The van der Waals surface area contributed by atoms with E-state index in [1.165, 1.54) is 6.33 Å². The summed E-state index contributed by atoms with van der Waals surface area (Å²) in [5.74, 6) is -0.112. The van der Waals surface area contributed by atoms with E-state index in [1.807, 2.05) is 6.92 Å². The second-order valence-electron chi connectivity index (χ2n) is 4.60. The van der Waals surface area contributed by atoms with Crippen molar-refractivity contribution in [3.8, 4) is 0 Å². The van der Waals surface area contributed by atoms with Crippen LogP contribution < -0.4 is 5.32 Å². The molecule has 0 saturated carbocycles. The maximum absolute atomic E-state index is 11.4. The molecular weight excluding hydrogens is 234 g/mol. The van der Waals surface area contributed by atoms with E-state index in [1.54, 1.807) is 6.07 Å². The van der Waals surface area contributed by atoms with Crippen LogP contribution in [-0.2, 0) is 9.53 Å². The predicted octanol–water partition coefficient (Wildman–Crippen LogP) is 1.08. The second-order valence-corrected chi connectivity index (χ2v) is 4.60. The molecule has 0 spiro atoms.